The van der Waals surface area contributed by atoms with Crippen LogP contribution < -0.4 is 5.32 Å². The number of benzene rings is 2. The number of carbonyl (C=O) groups is 1. The van der Waals surface area contributed by atoms with Crippen molar-refractivity contribution < 1.29 is 18.0 Å². The molecule has 2 aromatic carbocycles. The highest BCUT2D eigenvalue weighted by Crippen LogP contribution is 2.37. The first kappa shape index (κ1) is 20.3. The van der Waals surface area contributed by atoms with Crippen LogP contribution >= 0.6 is 23.4 Å². The van der Waals surface area contributed by atoms with E-state index in [-0.39, 0.29) is 10.7 Å². The van der Waals surface area contributed by atoms with Crippen molar-refractivity contribution in [3.05, 3.63) is 65.3 Å². The molecule has 1 aromatic heterocycles. The molecule has 2 N–H and O–H groups in total. The third kappa shape index (κ3) is 4.88. The lowest BCUT2D eigenvalue weighted by Crippen LogP contribution is -2.24. The monoisotopic (exact) mass is 425 g/mol. The molecule has 9 heteroatoms. The second kappa shape index (κ2) is 8.28. The lowest BCUT2D eigenvalue weighted by atomic mass is 10.1. The summed E-state index contributed by atoms with van der Waals surface area (Å²) in [4.78, 5) is 19.7. The first-order valence-corrected chi connectivity index (χ1v) is 9.44. The van der Waals surface area contributed by atoms with E-state index in [2.05, 4.69) is 15.3 Å². The summed E-state index contributed by atoms with van der Waals surface area (Å²) >= 11 is 6.77. The van der Waals surface area contributed by atoms with E-state index >= 15 is 0 Å². The Morgan fingerprint density at radius 3 is 2.61 bits per heavy atom. The number of aromatic nitrogens is 2. The molecule has 0 aliphatic rings. The summed E-state index contributed by atoms with van der Waals surface area (Å²) in [7, 11) is 0. The smallest absolute Gasteiger partial charge is 0.333 e. The Morgan fingerprint density at radius 2 is 1.93 bits per heavy atom. The standard InChI is InChI=1S/C19H15ClF3N3OS/c1-11(28-18-24-10-16(26-18)12-5-3-2-4-6-12)17(27)25-15-8-7-13(20)9-14(15)19(21,22)23/h2-11H,1H3,(H,24,26)(H,25,27). The third-order valence-electron chi connectivity index (χ3n) is 3.84. The van der Waals surface area contributed by atoms with Gasteiger partial charge in [0.25, 0.3) is 0 Å². The zero-order chi connectivity index (χ0) is 20.3. The maximum atomic E-state index is 13.2. The molecule has 0 saturated carbocycles. The molecular weight excluding hydrogens is 411 g/mol. The highest BCUT2D eigenvalue weighted by molar-refractivity contribution is 8.00. The van der Waals surface area contributed by atoms with Crippen LogP contribution in [0.5, 0.6) is 0 Å². The second-order valence-corrected chi connectivity index (χ2v) is 7.67. The number of hydrogen-bond acceptors (Lipinski definition) is 3. The van der Waals surface area contributed by atoms with Crippen LogP contribution in [0.4, 0.5) is 18.9 Å². The maximum absolute atomic E-state index is 13.2. The molecule has 0 aliphatic heterocycles. The Labute approximate surface area is 168 Å². The molecule has 1 amide bonds. The van der Waals surface area contributed by atoms with Gasteiger partial charge in [0, 0.05) is 5.02 Å². The average molecular weight is 426 g/mol. The van der Waals surface area contributed by atoms with E-state index in [9.17, 15) is 18.0 Å². The van der Waals surface area contributed by atoms with Gasteiger partial charge < -0.3 is 10.3 Å². The maximum Gasteiger partial charge on any atom is 0.418 e. The van der Waals surface area contributed by atoms with Crippen molar-refractivity contribution in [2.75, 3.05) is 5.32 Å². The molecule has 0 saturated heterocycles. The Bertz CT molecular complexity index is 976. The lowest BCUT2D eigenvalue weighted by Gasteiger charge is -2.16. The minimum absolute atomic E-state index is 0.0585. The number of thioether (sulfide) groups is 1. The van der Waals surface area contributed by atoms with E-state index in [0.717, 1.165) is 35.2 Å². The largest absolute Gasteiger partial charge is 0.418 e. The fourth-order valence-corrected chi connectivity index (χ4v) is 3.40. The van der Waals surface area contributed by atoms with Gasteiger partial charge in [-0.15, -0.1) is 0 Å². The summed E-state index contributed by atoms with van der Waals surface area (Å²) in [6.07, 6.45) is -2.99. The molecule has 0 fully saturated rings. The van der Waals surface area contributed by atoms with Gasteiger partial charge in [0.15, 0.2) is 5.16 Å². The minimum Gasteiger partial charge on any atom is -0.333 e. The minimum atomic E-state index is -4.63. The van der Waals surface area contributed by atoms with Crippen molar-refractivity contribution in [2.45, 2.75) is 23.5 Å². The Balaban J connectivity index is 1.70. The van der Waals surface area contributed by atoms with Gasteiger partial charge in [0.05, 0.1) is 28.4 Å². The first-order valence-electron chi connectivity index (χ1n) is 8.19. The summed E-state index contributed by atoms with van der Waals surface area (Å²) in [5.74, 6) is -0.574. The number of nitrogens with one attached hydrogen (secondary N) is 2. The molecule has 3 aromatic rings. The van der Waals surface area contributed by atoms with Gasteiger partial charge in [-0.25, -0.2) is 4.98 Å². The van der Waals surface area contributed by atoms with Crippen LogP contribution in [0.15, 0.2) is 59.9 Å². The number of H-pyrrole nitrogens is 1. The van der Waals surface area contributed by atoms with Gasteiger partial charge in [0.1, 0.15) is 0 Å². The van der Waals surface area contributed by atoms with Crippen LogP contribution in [-0.2, 0) is 11.0 Å². The number of aromatic amines is 1. The SMILES string of the molecule is CC(Sc1ncc(-c2ccccc2)[nH]1)C(=O)Nc1ccc(Cl)cc1C(F)(F)F. The van der Waals surface area contributed by atoms with Crippen molar-refractivity contribution in [1.29, 1.82) is 0 Å². The Hall–Kier alpha value is -2.45. The lowest BCUT2D eigenvalue weighted by molar-refractivity contribution is -0.137. The molecule has 0 aliphatic carbocycles. The normalized spacial score (nSPS) is 12.6. The first-order chi connectivity index (χ1) is 13.2. The van der Waals surface area contributed by atoms with Crippen molar-refractivity contribution in [3.63, 3.8) is 0 Å². The quantitative estimate of drug-likeness (QED) is 0.503. The molecule has 4 nitrogen and oxygen atoms in total. The Morgan fingerprint density at radius 1 is 1.21 bits per heavy atom. The van der Waals surface area contributed by atoms with Crippen LogP contribution in [0.1, 0.15) is 12.5 Å². The van der Waals surface area contributed by atoms with Crippen LogP contribution in [0, 0.1) is 0 Å². The molecule has 1 unspecified atom stereocenters. The topological polar surface area (TPSA) is 57.8 Å². The fraction of sp³-hybridized carbons (Fsp3) is 0.158. The molecule has 1 heterocycles. The highest BCUT2D eigenvalue weighted by atomic mass is 35.5. The van der Waals surface area contributed by atoms with Crippen LogP contribution in [0.3, 0.4) is 0 Å². The predicted octanol–water partition coefficient (Wildman–Crippen LogP) is 5.87. The number of rotatable bonds is 5. The van der Waals surface area contributed by atoms with E-state index in [4.69, 9.17) is 11.6 Å². The number of halogens is 4. The summed E-state index contributed by atoms with van der Waals surface area (Å²) in [5.41, 5.74) is 0.399. The predicted molar refractivity (Wildman–Crippen MR) is 104 cm³/mol. The molecule has 0 spiro atoms. The second-order valence-electron chi connectivity index (χ2n) is 5.91. The van der Waals surface area contributed by atoms with Crippen LogP contribution in [0.2, 0.25) is 5.02 Å². The van der Waals surface area contributed by atoms with Gasteiger partial charge in [-0.3, -0.25) is 4.79 Å². The third-order valence-corrected chi connectivity index (χ3v) is 5.07. The highest BCUT2D eigenvalue weighted by Gasteiger charge is 2.34. The number of nitrogens with zero attached hydrogens (tertiary/aromatic N) is 1. The van der Waals surface area contributed by atoms with Gasteiger partial charge in [0.2, 0.25) is 5.91 Å². The molecule has 1 atom stereocenters. The van der Waals surface area contributed by atoms with E-state index in [1.807, 2.05) is 30.3 Å². The molecule has 28 heavy (non-hydrogen) atoms. The summed E-state index contributed by atoms with van der Waals surface area (Å²) in [6, 6.07) is 12.7. The zero-order valence-corrected chi connectivity index (χ0v) is 16.1. The number of amides is 1. The molecule has 3 rings (SSSR count). The zero-order valence-electron chi connectivity index (χ0n) is 14.5. The summed E-state index contributed by atoms with van der Waals surface area (Å²) in [5, 5.41) is 2.08. The van der Waals surface area contributed by atoms with Gasteiger partial charge in [-0.2, -0.15) is 13.2 Å². The number of carbonyl (C=O) groups excluding carboxylic acids is 1. The number of anilines is 1. The number of alkyl halides is 3. The molecular formula is C19H15ClF3N3OS. The van der Waals surface area contributed by atoms with Crippen LogP contribution in [-0.4, -0.2) is 21.1 Å². The van der Waals surface area contributed by atoms with Gasteiger partial charge >= 0.3 is 6.18 Å². The van der Waals surface area contributed by atoms with Crippen molar-refractivity contribution in [2.24, 2.45) is 0 Å². The molecule has 146 valence electrons. The van der Waals surface area contributed by atoms with Gasteiger partial charge in [-0.05, 0) is 30.7 Å². The van der Waals surface area contributed by atoms with Crippen molar-refractivity contribution >= 4 is 35.0 Å². The van der Waals surface area contributed by atoms with E-state index in [0.29, 0.717) is 5.16 Å². The molecule has 0 bridgehead atoms. The van der Waals surface area contributed by atoms with Crippen molar-refractivity contribution in [3.8, 4) is 11.3 Å². The average Bonchev–Trinajstić information content (AvgIpc) is 3.11. The number of imidazole rings is 1. The summed E-state index contributed by atoms with van der Waals surface area (Å²) < 4.78 is 39.5. The van der Waals surface area contributed by atoms with E-state index < -0.39 is 22.9 Å². The van der Waals surface area contributed by atoms with Crippen LogP contribution in [0.25, 0.3) is 11.3 Å². The number of hydrogen-bond donors (Lipinski definition) is 2. The Kier molecular flexibility index (Phi) is 6.00. The van der Waals surface area contributed by atoms with Crippen molar-refractivity contribution in [1.82, 2.24) is 9.97 Å². The van der Waals surface area contributed by atoms with Gasteiger partial charge in [-0.1, -0.05) is 53.7 Å². The fourth-order valence-electron chi connectivity index (χ4n) is 2.44. The van der Waals surface area contributed by atoms with E-state index in [1.165, 1.54) is 6.07 Å². The molecule has 0 radical (unpaired) electrons. The summed E-state index contributed by atoms with van der Waals surface area (Å²) in [6.45, 7) is 1.59. The van der Waals surface area contributed by atoms with E-state index in [1.54, 1.807) is 13.1 Å².